The van der Waals surface area contributed by atoms with E-state index in [2.05, 4.69) is 41.5 Å². The Morgan fingerprint density at radius 1 is 0.833 bits per heavy atom. The molecule has 0 N–H and O–H groups in total. The van der Waals surface area contributed by atoms with Crippen LogP contribution in [0.5, 0.6) is 0 Å². The molecule has 3 heteroatoms. The van der Waals surface area contributed by atoms with Crippen molar-refractivity contribution >= 4 is 0 Å². The van der Waals surface area contributed by atoms with Crippen molar-refractivity contribution in [1.29, 1.82) is 0 Å². The largest absolute Gasteiger partial charge is 0.391 e. The van der Waals surface area contributed by atoms with Gasteiger partial charge < -0.3 is 0 Å². The maximum Gasteiger partial charge on any atom is 0.391 e. The van der Waals surface area contributed by atoms with Gasteiger partial charge in [0.15, 0.2) is 0 Å². The van der Waals surface area contributed by atoms with Gasteiger partial charge in [-0.25, -0.2) is 0 Å². The van der Waals surface area contributed by atoms with Crippen molar-refractivity contribution in [3.8, 4) is 0 Å². The summed E-state index contributed by atoms with van der Waals surface area (Å²) in [5.41, 5.74) is 0.993. The fourth-order valence-corrected chi connectivity index (χ4v) is 9.64. The van der Waals surface area contributed by atoms with Crippen LogP contribution in [-0.4, -0.2) is 6.18 Å². The number of hydrogen-bond donors (Lipinski definition) is 0. The lowest BCUT2D eigenvalue weighted by Crippen LogP contribution is -2.54. The van der Waals surface area contributed by atoms with Crippen molar-refractivity contribution in [3.63, 3.8) is 0 Å². The van der Waals surface area contributed by atoms with Crippen LogP contribution in [0.4, 0.5) is 13.2 Å². The second-order valence-electron chi connectivity index (χ2n) is 13.6. The second-order valence-corrected chi connectivity index (χ2v) is 13.6. The SMILES string of the molecule is C[C@H](CC(C)(C)C)C1CCC2C3CCC4CC(C(F)(F)F)CCC4(C)C3CCC21C. The minimum atomic E-state index is -3.99. The van der Waals surface area contributed by atoms with Crippen LogP contribution in [-0.2, 0) is 0 Å². The molecule has 174 valence electrons. The summed E-state index contributed by atoms with van der Waals surface area (Å²) < 4.78 is 40.3. The average Bonchev–Trinajstić information content (AvgIpc) is 2.96. The van der Waals surface area contributed by atoms with Gasteiger partial charge in [0.1, 0.15) is 0 Å². The van der Waals surface area contributed by atoms with Gasteiger partial charge in [0.25, 0.3) is 0 Å². The van der Waals surface area contributed by atoms with Crippen molar-refractivity contribution in [2.75, 3.05) is 0 Å². The van der Waals surface area contributed by atoms with Gasteiger partial charge in [-0.2, -0.15) is 13.2 Å². The summed E-state index contributed by atoms with van der Waals surface area (Å²) in [6, 6.07) is 0. The molecule has 30 heavy (non-hydrogen) atoms. The summed E-state index contributed by atoms with van der Waals surface area (Å²) in [7, 11) is 0. The van der Waals surface area contributed by atoms with Crippen LogP contribution in [0.15, 0.2) is 0 Å². The first-order valence-electron chi connectivity index (χ1n) is 12.8. The van der Waals surface area contributed by atoms with Crippen molar-refractivity contribution in [2.24, 2.45) is 57.7 Å². The molecule has 4 fully saturated rings. The zero-order valence-electron chi connectivity index (χ0n) is 20.2. The summed E-state index contributed by atoms with van der Waals surface area (Å²) >= 11 is 0. The van der Waals surface area contributed by atoms with Gasteiger partial charge >= 0.3 is 6.18 Å². The molecule has 0 spiro atoms. The van der Waals surface area contributed by atoms with E-state index in [1.165, 1.54) is 38.5 Å². The van der Waals surface area contributed by atoms with Gasteiger partial charge in [-0.15, -0.1) is 0 Å². The third kappa shape index (κ3) is 3.76. The molecule has 9 atom stereocenters. The summed E-state index contributed by atoms with van der Waals surface area (Å²) in [6.07, 6.45) is 6.41. The van der Waals surface area contributed by atoms with Gasteiger partial charge in [-0.3, -0.25) is 0 Å². The Hall–Kier alpha value is -0.210. The van der Waals surface area contributed by atoms with E-state index in [0.717, 1.165) is 36.5 Å². The van der Waals surface area contributed by atoms with Crippen molar-refractivity contribution in [2.45, 2.75) is 112 Å². The van der Waals surface area contributed by atoms with Crippen molar-refractivity contribution in [1.82, 2.24) is 0 Å². The van der Waals surface area contributed by atoms with E-state index >= 15 is 0 Å². The fraction of sp³-hybridized carbons (Fsp3) is 1.00. The molecule has 0 radical (unpaired) electrons. The van der Waals surface area contributed by atoms with Crippen LogP contribution in [0, 0.1) is 57.7 Å². The average molecular weight is 427 g/mol. The molecule has 0 saturated heterocycles. The second kappa shape index (κ2) is 7.41. The smallest absolute Gasteiger partial charge is 0.171 e. The van der Waals surface area contributed by atoms with E-state index < -0.39 is 12.1 Å². The number of fused-ring (bicyclic) bond motifs is 5. The van der Waals surface area contributed by atoms with Crippen LogP contribution < -0.4 is 0 Å². The Morgan fingerprint density at radius 3 is 2.10 bits per heavy atom. The van der Waals surface area contributed by atoms with E-state index in [1.807, 2.05) is 0 Å². The molecule has 0 amide bonds. The Kier molecular flexibility index (Phi) is 5.67. The first kappa shape index (κ1) is 23.0. The molecular formula is C27H45F3. The van der Waals surface area contributed by atoms with Crippen LogP contribution in [0.1, 0.15) is 106 Å². The molecule has 4 aliphatic rings. The minimum Gasteiger partial charge on any atom is -0.171 e. The number of alkyl halides is 3. The van der Waals surface area contributed by atoms with Crippen molar-refractivity contribution in [3.05, 3.63) is 0 Å². The van der Waals surface area contributed by atoms with E-state index in [4.69, 9.17) is 0 Å². The zero-order chi connectivity index (χ0) is 22.1. The molecule has 0 bridgehead atoms. The van der Waals surface area contributed by atoms with Gasteiger partial charge in [-0.1, -0.05) is 41.5 Å². The molecule has 4 rings (SSSR count). The molecule has 0 nitrogen and oxygen atoms in total. The van der Waals surface area contributed by atoms with Gasteiger partial charge in [-0.05, 0) is 116 Å². The lowest BCUT2D eigenvalue weighted by molar-refractivity contribution is -0.208. The first-order valence-corrected chi connectivity index (χ1v) is 12.8. The van der Waals surface area contributed by atoms with Gasteiger partial charge in [0.05, 0.1) is 5.92 Å². The lowest BCUT2D eigenvalue weighted by atomic mass is 9.44. The predicted molar refractivity (Wildman–Crippen MR) is 118 cm³/mol. The molecule has 0 heterocycles. The van der Waals surface area contributed by atoms with E-state index in [1.54, 1.807) is 0 Å². The first-order chi connectivity index (χ1) is 13.8. The Morgan fingerprint density at radius 2 is 1.47 bits per heavy atom. The molecule has 0 aromatic carbocycles. The number of hydrogen-bond acceptors (Lipinski definition) is 0. The molecule has 0 aliphatic heterocycles. The van der Waals surface area contributed by atoms with Crippen LogP contribution in [0.2, 0.25) is 0 Å². The monoisotopic (exact) mass is 426 g/mol. The van der Waals surface area contributed by atoms with Crippen LogP contribution in [0.25, 0.3) is 0 Å². The number of rotatable bonds is 2. The normalized spacial score (nSPS) is 47.9. The highest BCUT2D eigenvalue weighted by Gasteiger charge is 2.61. The van der Waals surface area contributed by atoms with Gasteiger partial charge in [0, 0.05) is 0 Å². The molecule has 0 aromatic rings. The lowest BCUT2D eigenvalue weighted by Gasteiger charge is -2.61. The molecular weight excluding hydrogens is 381 g/mol. The van der Waals surface area contributed by atoms with Crippen molar-refractivity contribution < 1.29 is 13.2 Å². The van der Waals surface area contributed by atoms with E-state index in [0.29, 0.717) is 35.5 Å². The Balaban J connectivity index is 1.51. The van der Waals surface area contributed by atoms with Crippen LogP contribution in [0.3, 0.4) is 0 Å². The summed E-state index contributed by atoms with van der Waals surface area (Å²) in [5, 5.41) is 0. The van der Waals surface area contributed by atoms with Crippen LogP contribution >= 0.6 is 0 Å². The third-order valence-corrected chi connectivity index (χ3v) is 10.8. The standard InChI is InChI=1S/C27H45F3/c1-17(16-24(2,3)4)21-9-10-22-20-8-7-18-15-19(27(28,29)30)11-13-25(18,5)23(20)12-14-26(21,22)6/h17-23H,7-16H2,1-6H3/t17-,18?,19?,20?,21?,22?,23?,25?,26?/m1/s1. The fourth-order valence-electron chi connectivity index (χ4n) is 9.64. The van der Waals surface area contributed by atoms with E-state index in [-0.39, 0.29) is 5.41 Å². The van der Waals surface area contributed by atoms with Gasteiger partial charge in [0.2, 0.25) is 0 Å². The highest BCUT2D eigenvalue weighted by Crippen LogP contribution is 2.69. The maximum absolute atomic E-state index is 13.4. The molecule has 0 aromatic heterocycles. The zero-order valence-corrected chi connectivity index (χ0v) is 20.2. The summed E-state index contributed by atoms with van der Waals surface area (Å²) in [6.45, 7) is 14.6. The topological polar surface area (TPSA) is 0 Å². The minimum absolute atomic E-state index is 0.154. The summed E-state index contributed by atoms with van der Waals surface area (Å²) in [5.74, 6) is 3.08. The third-order valence-electron chi connectivity index (χ3n) is 10.8. The summed E-state index contributed by atoms with van der Waals surface area (Å²) in [4.78, 5) is 0. The Labute approximate surface area is 183 Å². The maximum atomic E-state index is 13.4. The Bertz CT molecular complexity index is 631. The highest BCUT2D eigenvalue weighted by molar-refractivity contribution is 5.10. The molecule has 4 saturated carbocycles. The highest BCUT2D eigenvalue weighted by atomic mass is 19.4. The quantitative estimate of drug-likeness (QED) is 0.413. The van der Waals surface area contributed by atoms with E-state index in [9.17, 15) is 13.2 Å². The number of halogens is 3. The molecule has 4 aliphatic carbocycles. The predicted octanol–water partition coefficient (Wildman–Crippen LogP) is 8.90. The molecule has 8 unspecified atom stereocenters.